The van der Waals surface area contributed by atoms with E-state index in [4.69, 9.17) is 4.98 Å². The normalized spacial score (nSPS) is 14.0. The van der Waals surface area contributed by atoms with Crippen LogP contribution in [0.1, 0.15) is 57.7 Å². The minimum absolute atomic E-state index is 0.143. The van der Waals surface area contributed by atoms with Gasteiger partial charge in [-0.3, -0.25) is 14.7 Å². The second-order valence-corrected chi connectivity index (χ2v) is 9.67. The summed E-state index contributed by atoms with van der Waals surface area (Å²) in [5.74, 6) is 0.899. The van der Waals surface area contributed by atoms with Gasteiger partial charge in [0.25, 0.3) is 0 Å². The molecule has 0 N–H and O–H groups in total. The zero-order valence-electron chi connectivity index (χ0n) is 20.9. The van der Waals surface area contributed by atoms with Crippen LogP contribution in [0.3, 0.4) is 0 Å². The monoisotopic (exact) mass is 476 g/mol. The number of benzene rings is 2. The molecule has 2 aromatic heterocycles. The van der Waals surface area contributed by atoms with Gasteiger partial charge in [-0.1, -0.05) is 48.9 Å². The molecule has 0 unspecified atom stereocenters. The van der Waals surface area contributed by atoms with E-state index in [1.807, 2.05) is 42.6 Å². The first kappa shape index (κ1) is 24.0. The van der Waals surface area contributed by atoms with Crippen molar-refractivity contribution in [2.45, 2.75) is 45.6 Å². The molecule has 0 amide bonds. The molecule has 1 aliphatic heterocycles. The van der Waals surface area contributed by atoms with Gasteiger partial charge in [-0.25, -0.2) is 9.97 Å². The molecule has 5 rings (SSSR count). The number of rotatable bonds is 8. The zero-order chi connectivity index (χ0) is 24.7. The van der Waals surface area contributed by atoms with E-state index in [-0.39, 0.29) is 5.78 Å². The van der Waals surface area contributed by atoms with Crippen molar-refractivity contribution in [1.82, 2.24) is 19.9 Å². The van der Waals surface area contributed by atoms with E-state index in [9.17, 15) is 4.79 Å². The highest BCUT2D eigenvalue weighted by atomic mass is 16.1. The third-order valence-corrected chi connectivity index (χ3v) is 6.92. The Morgan fingerprint density at radius 2 is 1.72 bits per heavy atom. The van der Waals surface area contributed by atoms with Crippen LogP contribution in [-0.2, 0) is 19.4 Å². The summed E-state index contributed by atoms with van der Waals surface area (Å²) in [6, 6.07) is 20.2. The van der Waals surface area contributed by atoms with Crippen molar-refractivity contribution in [2.24, 2.45) is 0 Å². The Bertz CT molecular complexity index is 1310. The second-order valence-electron chi connectivity index (χ2n) is 9.67. The van der Waals surface area contributed by atoms with Gasteiger partial charge >= 0.3 is 0 Å². The van der Waals surface area contributed by atoms with Gasteiger partial charge in [0.2, 0.25) is 0 Å². The Labute approximate surface area is 213 Å². The molecule has 4 aromatic rings. The number of ketones is 1. The van der Waals surface area contributed by atoms with Crippen molar-refractivity contribution in [1.29, 1.82) is 0 Å². The largest absolute Gasteiger partial charge is 0.299 e. The van der Waals surface area contributed by atoms with Crippen LogP contribution in [0.15, 0.2) is 79.3 Å². The van der Waals surface area contributed by atoms with E-state index in [0.717, 1.165) is 40.3 Å². The fraction of sp³-hybridized carbons (Fsp3) is 0.290. The van der Waals surface area contributed by atoms with Crippen molar-refractivity contribution in [3.63, 3.8) is 0 Å². The Morgan fingerprint density at radius 1 is 0.917 bits per heavy atom. The number of pyridine rings is 1. The Balaban J connectivity index is 1.25. The van der Waals surface area contributed by atoms with Crippen molar-refractivity contribution >= 4 is 5.78 Å². The lowest BCUT2D eigenvalue weighted by atomic mass is 9.97. The van der Waals surface area contributed by atoms with E-state index >= 15 is 0 Å². The molecule has 0 aliphatic carbocycles. The number of carbonyl (C=O) groups is 1. The first-order valence-electron chi connectivity index (χ1n) is 12.8. The lowest BCUT2D eigenvalue weighted by Crippen LogP contribution is -2.29. The smallest absolute Gasteiger partial charge is 0.167 e. The molecule has 36 heavy (non-hydrogen) atoms. The molecule has 0 atom stereocenters. The minimum atomic E-state index is 0.143. The number of aromatic nitrogens is 3. The van der Waals surface area contributed by atoms with Crippen LogP contribution < -0.4 is 0 Å². The molecule has 182 valence electrons. The highest BCUT2D eigenvalue weighted by Crippen LogP contribution is 2.20. The molecule has 1 fully saturated rings. The summed E-state index contributed by atoms with van der Waals surface area (Å²) in [5, 5.41) is 0. The first-order valence-corrected chi connectivity index (χ1v) is 12.8. The van der Waals surface area contributed by atoms with E-state index in [1.165, 1.54) is 43.5 Å². The second kappa shape index (κ2) is 11.4. The van der Waals surface area contributed by atoms with Crippen molar-refractivity contribution in [3.8, 4) is 11.3 Å². The van der Waals surface area contributed by atoms with Crippen LogP contribution in [0.4, 0.5) is 0 Å². The molecule has 0 saturated carbocycles. The summed E-state index contributed by atoms with van der Waals surface area (Å²) in [7, 11) is 0. The van der Waals surface area contributed by atoms with Crippen molar-refractivity contribution in [3.05, 3.63) is 113 Å². The number of aryl methyl sites for hydroxylation is 1. The number of carbonyl (C=O) groups excluding carboxylic acids is 1. The molecule has 3 heterocycles. The zero-order valence-corrected chi connectivity index (χ0v) is 20.9. The molecule has 2 aromatic carbocycles. The van der Waals surface area contributed by atoms with Gasteiger partial charge in [0.05, 0.1) is 5.69 Å². The average Bonchev–Trinajstić information content (AvgIpc) is 2.92. The summed E-state index contributed by atoms with van der Waals surface area (Å²) in [6.45, 7) is 5.41. The van der Waals surface area contributed by atoms with Gasteiger partial charge in [-0.05, 0) is 73.3 Å². The van der Waals surface area contributed by atoms with Gasteiger partial charge in [-0.2, -0.15) is 0 Å². The topological polar surface area (TPSA) is 59.0 Å². The van der Waals surface area contributed by atoms with Crippen LogP contribution in [0.2, 0.25) is 0 Å². The maximum atomic E-state index is 13.0. The van der Waals surface area contributed by atoms with Gasteiger partial charge in [0.1, 0.15) is 5.82 Å². The predicted molar refractivity (Wildman–Crippen MR) is 143 cm³/mol. The SMILES string of the molecule is Cc1ccc(CC(=O)c2ccc(CN3CCCCC3)cc2)cc1Cc1nccc(-c2cccnc2)n1. The van der Waals surface area contributed by atoms with Gasteiger partial charge in [0, 0.05) is 49.1 Å². The van der Waals surface area contributed by atoms with E-state index in [1.54, 1.807) is 12.4 Å². The maximum absolute atomic E-state index is 13.0. The lowest BCUT2D eigenvalue weighted by Gasteiger charge is -2.26. The summed E-state index contributed by atoms with van der Waals surface area (Å²) in [5.41, 5.74) is 7.21. The van der Waals surface area contributed by atoms with Gasteiger partial charge in [0.15, 0.2) is 5.78 Å². The molecule has 5 nitrogen and oxygen atoms in total. The van der Waals surface area contributed by atoms with E-state index < -0.39 is 0 Å². The molecule has 0 spiro atoms. The van der Waals surface area contributed by atoms with Crippen LogP contribution in [0.25, 0.3) is 11.3 Å². The highest BCUT2D eigenvalue weighted by molar-refractivity contribution is 5.97. The Kier molecular flexibility index (Phi) is 7.58. The molecule has 1 saturated heterocycles. The highest BCUT2D eigenvalue weighted by Gasteiger charge is 2.13. The summed E-state index contributed by atoms with van der Waals surface area (Å²) >= 11 is 0. The number of likely N-dealkylation sites (tertiary alicyclic amines) is 1. The molecule has 5 heteroatoms. The Morgan fingerprint density at radius 3 is 2.50 bits per heavy atom. The number of piperidine rings is 1. The third kappa shape index (κ3) is 6.10. The van der Waals surface area contributed by atoms with E-state index in [2.05, 4.69) is 46.1 Å². The number of Topliss-reactive ketones (excluding diaryl/α,β-unsaturated/α-hetero) is 1. The average molecular weight is 477 g/mol. The van der Waals surface area contributed by atoms with Crippen LogP contribution >= 0.6 is 0 Å². The van der Waals surface area contributed by atoms with Crippen molar-refractivity contribution in [2.75, 3.05) is 13.1 Å². The molecular weight excluding hydrogens is 444 g/mol. The van der Waals surface area contributed by atoms with E-state index in [0.29, 0.717) is 12.8 Å². The number of hydrogen-bond acceptors (Lipinski definition) is 5. The van der Waals surface area contributed by atoms with Gasteiger partial charge in [-0.15, -0.1) is 0 Å². The fourth-order valence-corrected chi connectivity index (χ4v) is 4.81. The van der Waals surface area contributed by atoms with Crippen LogP contribution in [-0.4, -0.2) is 38.7 Å². The number of hydrogen-bond donors (Lipinski definition) is 0. The Hall–Kier alpha value is -3.70. The van der Waals surface area contributed by atoms with Gasteiger partial charge < -0.3 is 0 Å². The number of nitrogens with zero attached hydrogens (tertiary/aromatic N) is 4. The quantitative estimate of drug-likeness (QED) is 0.299. The molecule has 1 aliphatic rings. The molecule has 0 bridgehead atoms. The summed E-state index contributed by atoms with van der Waals surface area (Å²) < 4.78 is 0. The molecule has 0 radical (unpaired) electrons. The molecular formula is C31H32N4O. The first-order chi connectivity index (χ1) is 17.6. The summed E-state index contributed by atoms with van der Waals surface area (Å²) in [6.07, 6.45) is 10.3. The standard InChI is InChI=1S/C31H32N4O/c1-23-7-8-25(18-28(23)20-31-33-15-13-29(34-31)27-6-5-14-32-21-27)19-30(36)26-11-9-24(10-12-26)22-35-16-3-2-4-17-35/h5-15,18,21H,2-4,16-17,19-20,22H2,1H3. The van der Waals surface area contributed by atoms with Crippen molar-refractivity contribution < 1.29 is 4.79 Å². The predicted octanol–water partition coefficient (Wildman–Crippen LogP) is 5.85. The minimum Gasteiger partial charge on any atom is -0.299 e. The third-order valence-electron chi connectivity index (χ3n) is 6.92. The lowest BCUT2D eigenvalue weighted by molar-refractivity contribution is 0.0993. The maximum Gasteiger partial charge on any atom is 0.167 e. The fourth-order valence-electron chi connectivity index (χ4n) is 4.81. The summed E-state index contributed by atoms with van der Waals surface area (Å²) in [4.78, 5) is 29.0. The van der Waals surface area contributed by atoms with Crippen LogP contribution in [0.5, 0.6) is 0 Å². The van der Waals surface area contributed by atoms with Crippen LogP contribution in [0, 0.1) is 6.92 Å².